The van der Waals surface area contributed by atoms with E-state index in [4.69, 9.17) is 4.74 Å². The molecule has 1 heterocycles. The van der Waals surface area contributed by atoms with Gasteiger partial charge in [0.2, 0.25) is 5.91 Å². The highest BCUT2D eigenvalue weighted by Crippen LogP contribution is 2.10. The molecule has 0 aromatic carbocycles. The number of nitrogens with zero attached hydrogens (tertiary/aromatic N) is 1. The molecule has 0 aliphatic heterocycles. The second-order valence-electron chi connectivity index (χ2n) is 2.94. The van der Waals surface area contributed by atoms with Crippen LogP contribution in [0.5, 0.6) is 0 Å². The fraction of sp³-hybridized carbons (Fsp3) is 0.556. The van der Waals surface area contributed by atoms with Crippen LogP contribution in [0.25, 0.3) is 0 Å². The number of carbonyl (C=O) groups excluding carboxylic acids is 1. The number of hydrogen-bond donors (Lipinski definition) is 2. The van der Waals surface area contributed by atoms with Crippen LogP contribution in [0.1, 0.15) is 25.2 Å². The lowest BCUT2D eigenvalue weighted by atomic mass is 10.2. The Morgan fingerprint density at radius 2 is 2.57 bits per heavy atom. The van der Waals surface area contributed by atoms with E-state index in [0.29, 0.717) is 0 Å². The monoisotopic (exact) mass is 197 g/mol. The standard InChI is InChI=1S/C9H15N3O2/c1-3-7(9-10-4-5-11-9)12-8(13)6-14-2/h4-5,7H,3,6H2,1-2H3,(H,10,11)(H,12,13). The number of imidazole rings is 1. The van der Waals surface area contributed by atoms with Gasteiger partial charge >= 0.3 is 0 Å². The summed E-state index contributed by atoms with van der Waals surface area (Å²) in [4.78, 5) is 18.3. The van der Waals surface area contributed by atoms with Crippen molar-refractivity contribution in [3.05, 3.63) is 18.2 Å². The maximum atomic E-state index is 11.2. The van der Waals surface area contributed by atoms with Crippen LogP contribution in [0, 0.1) is 0 Å². The Balaban J connectivity index is 2.51. The minimum Gasteiger partial charge on any atom is -0.375 e. The Kier molecular flexibility index (Phi) is 4.12. The van der Waals surface area contributed by atoms with Crippen molar-refractivity contribution < 1.29 is 9.53 Å². The first-order valence-corrected chi connectivity index (χ1v) is 4.55. The van der Waals surface area contributed by atoms with E-state index in [1.807, 2.05) is 6.92 Å². The molecular formula is C9H15N3O2. The zero-order valence-corrected chi connectivity index (χ0v) is 8.41. The second kappa shape index (κ2) is 5.39. The van der Waals surface area contributed by atoms with Gasteiger partial charge in [0.1, 0.15) is 12.4 Å². The molecule has 5 nitrogen and oxygen atoms in total. The lowest BCUT2D eigenvalue weighted by molar-refractivity contribution is -0.125. The molecule has 5 heteroatoms. The van der Waals surface area contributed by atoms with Crippen molar-refractivity contribution in [3.8, 4) is 0 Å². The summed E-state index contributed by atoms with van der Waals surface area (Å²) in [6.45, 7) is 2.07. The van der Waals surface area contributed by atoms with Crippen LogP contribution in [-0.4, -0.2) is 29.6 Å². The van der Waals surface area contributed by atoms with Crippen molar-refractivity contribution in [3.63, 3.8) is 0 Å². The van der Waals surface area contributed by atoms with Crippen LogP contribution in [-0.2, 0) is 9.53 Å². The van der Waals surface area contributed by atoms with Crippen molar-refractivity contribution in [1.82, 2.24) is 15.3 Å². The molecular weight excluding hydrogens is 182 g/mol. The number of aromatic nitrogens is 2. The number of amides is 1. The SMILES string of the molecule is CCC(NC(=O)COC)c1ncc[nH]1. The summed E-state index contributed by atoms with van der Waals surface area (Å²) in [5, 5.41) is 2.81. The van der Waals surface area contributed by atoms with Gasteiger partial charge in [-0.2, -0.15) is 0 Å². The van der Waals surface area contributed by atoms with E-state index in [0.717, 1.165) is 12.2 Å². The molecule has 0 saturated heterocycles. The zero-order valence-electron chi connectivity index (χ0n) is 8.41. The van der Waals surface area contributed by atoms with Gasteiger partial charge < -0.3 is 15.0 Å². The van der Waals surface area contributed by atoms with Crippen LogP contribution in [0.3, 0.4) is 0 Å². The molecule has 0 spiro atoms. The molecule has 1 amide bonds. The quantitative estimate of drug-likeness (QED) is 0.727. The summed E-state index contributed by atoms with van der Waals surface area (Å²) in [6, 6.07) is -0.0624. The molecule has 0 aliphatic rings. The predicted molar refractivity (Wildman–Crippen MR) is 51.6 cm³/mol. The van der Waals surface area contributed by atoms with Gasteiger partial charge in [0.15, 0.2) is 0 Å². The maximum Gasteiger partial charge on any atom is 0.246 e. The van der Waals surface area contributed by atoms with Crippen LogP contribution in [0.4, 0.5) is 0 Å². The van der Waals surface area contributed by atoms with E-state index in [1.54, 1.807) is 12.4 Å². The van der Waals surface area contributed by atoms with Crippen molar-refractivity contribution in [2.24, 2.45) is 0 Å². The number of ether oxygens (including phenoxy) is 1. The van der Waals surface area contributed by atoms with Crippen molar-refractivity contribution in [2.75, 3.05) is 13.7 Å². The topological polar surface area (TPSA) is 67.0 Å². The van der Waals surface area contributed by atoms with Crippen LogP contribution >= 0.6 is 0 Å². The van der Waals surface area contributed by atoms with Gasteiger partial charge in [0.05, 0.1) is 6.04 Å². The molecule has 0 aliphatic carbocycles. The van der Waals surface area contributed by atoms with Gasteiger partial charge in [-0.15, -0.1) is 0 Å². The highest BCUT2D eigenvalue weighted by molar-refractivity contribution is 5.77. The Bertz CT molecular complexity index is 272. The molecule has 0 saturated carbocycles. The summed E-state index contributed by atoms with van der Waals surface area (Å²) in [5.74, 6) is 0.646. The third-order valence-corrected chi connectivity index (χ3v) is 1.87. The number of rotatable bonds is 5. The Morgan fingerprint density at radius 1 is 1.79 bits per heavy atom. The van der Waals surface area contributed by atoms with Crippen LogP contribution in [0.15, 0.2) is 12.4 Å². The predicted octanol–water partition coefficient (Wildman–Crippen LogP) is 0.623. The lowest BCUT2D eigenvalue weighted by Crippen LogP contribution is -2.31. The van der Waals surface area contributed by atoms with Crippen LogP contribution in [0.2, 0.25) is 0 Å². The first-order valence-electron chi connectivity index (χ1n) is 4.55. The average Bonchev–Trinajstić information content (AvgIpc) is 2.67. The molecule has 2 N–H and O–H groups in total. The van der Waals surface area contributed by atoms with E-state index >= 15 is 0 Å². The summed E-state index contributed by atoms with van der Waals surface area (Å²) in [5.41, 5.74) is 0. The largest absolute Gasteiger partial charge is 0.375 e. The number of aromatic amines is 1. The summed E-state index contributed by atoms with van der Waals surface area (Å²) in [7, 11) is 1.49. The van der Waals surface area contributed by atoms with Crippen LogP contribution < -0.4 is 5.32 Å². The highest BCUT2D eigenvalue weighted by atomic mass is 16.5. The van der Waals surface area contributed by atoms with Gasteiger partial charge in [0.25, 0.3) is 0 Å². The number of hydrogen-bond acceptors (Lipinski definition) is 3. The fourth-order valence-electron chi connectivity index (χ4n) is 1.20. The van der Waals surface area contributed by atoms with Gasteiger partial charge in [-0.3, -0.25) is 4.79 Å². The van der Waals surface area contributed by atoms with E-state index in [2.05, 4.69) is 15.3 Å². The van der Waals surface area contributed by atoms with Crippen molar-refractivity contribution in [1.29, 1.82) is 0 Å². The molecule has 0 bridgehead atoms. The van der Waals surface area contributed by atoms with Gasteiger partial charge in [-0.05, 0) is 6.42 Å². The first kappa shape index (κ1) is 10.7. The average molecular weight is 197 g/mol. The molecule has 1 unspecified atom stereocenters. The third-order valence-electron chi connectivity index (χ3n) is 1.87. The summed E-state index contributed by atoms with van der Waals surface area (Å²) < 4.78 is 4.72. The van der Waals surface area contributed by atoms with E-state index in [9.17, 15) is 4.79 Å². The van der Waals surface area contributed by atoms with Gasteiger partial charge in [-0.25, -0.2) is 4.98 Å². The fourth-order valence-corrected chi connectivity index (χ4v) is 1.20. The van der Waals surface area contributed by atoms with Crippen molar-refractivity contribution in [2.45, 2.75) is 19.4 Å². The summed E-state index contributed by atoms with van der Waals surface area (Å²) >= 11 is 0. The first-order chi connectivity index (χ1) is 6.77. The normalized spacial score (nSPS) is 12.4. The molecule has 1 rings (SSSR count). The molecule has 0 radical (unpaired) electrons. The number of methoxy groups -OCH3 is 1. The number of nitrogens with one attached hydrogen (secondary N) is 2. The maximum absolute atomic E-state index is 11.2. The minimum absolute atomic E-state index is 0.0624. The van der Waals surface area contributed by atoms with E-state index < -0.39 is 0 Å². The smallest absolute Gasteiger partial charge is 0.246 e. The Labute approximate surface area is 82.9 Å². The van der Waals surface area contributed by atoms with E-state index in [1.165, 1.54) is 7.11 Å². The Hall–Kier alpha value is -1.36. The molecule has 1 atom stereocenters. The molecule has 1 aromatic heterocycles. The second-order valence-corrected chi connectivity index (χ2v) is 2.94. The molecule has 78 valence electrons. The third kappa shape index (κ3) is 2.85. The van der Waals surface area contributed by atoms with Gasteiger partial charge in [0, 0.05) is 19.5 Å². The number of H-pyrrole nitrogens is 1. The summed E-state index contributed by atoms with van der Waals surface area (Å²) in [6.07, 6.45) is 4.20. The molecule has 1 aromatic rings. The zero-order chi connectivity index (χ0) is 10.4. The van der Waals surface area contributed by atoms with Gasteiger partial charge in [-0.1, -0.05) is 6.92 Å². The number of carbonyl (C=O) groups is 1. The molecule has 0 fully saturated rings. The Morgan fingerprint density at radius 3 is 3.07 bits per heavy atom. The molecule has 14 heavy (non-hydrogen) atoms. The minimum atomic E-state index is -0.129. The van der Waals surface area contributed by atoms with Crippen molar-refractivity contribution >= 4 is 5.91 Å². The van der Waals surface area contributed by atoms with E-state index in [-0.39, 0.29) is 18.6 Å². The highest BCUT2D eigenvalue weighted by Gasteiger charge is 2.13. The lowest BCUT2D eigenvalue weighted by Gasteiger charge is -2.13.